The van der Waals surface area contributed by atoms with Crippen molar-refractivity contribution in [1.29, 1.82) is 0 Å². The monoisotopic (exact) mass is 479 g/mol. The Bertz CT molecular complexity index is 1380. The minimum absolute atomic E-state index is 0.148. The molecule has 1 amide bonds. The summed E-state index contributed by atoms with van der Waals surface area (Å²) in [6.45, 7) is 3.59. The van der Waals surface area contributed by atoms with Crippen molar-refractivity contribution in [3.8, 4) is 17.5 Å². The number of hydrogen-bond acceptors (Lipinski definition) is 7. The third kappa shape index (κ3) is 4.77. The first-order valence-corrected chi connectivity index (χ1v) is 9.82. The van der Waals surface area contributed by atoms with E-state index in [0.29, 0.717) is 16.2 Å². The van der Waals surface area contributed by atoms with Gasteiger partial charge in [0.2, 0.25) is 11.8 Å². The number of benzene rings is 1. The Labute approximate surface area is 190 Å². The summed E-state index contributed by atoms with van der Waals surface area (Å²) in [6.07, 6.45) is -3.93. The van der Waals surface area contributed by atoms with E-state index in [1.165, 1.54) is 32.3 Å². The normalized spacial score (nSPS) is 11.5. The number of nitrogens with zero attached hydrogens (tertiary/aromatic N) is 4. The van der Waals surface area contributed by atoms with Crippen molar-refractivity contribution in [2.45, 2.75) is 25.9 Å². The summed E-state index contributed by atoms with van der Waals surface area (Å²) in [5, 5.41) is 12.7. The second-order valence-electron chi connectivity index (χ2n) is 7.60. The SMILES string of the molecule is CC(C)c1cc(Oc2cc(C(F)(F)F)ncn2)ccc1NC(=O)c1c(O)n(C)c(=O)n(C)c1=O. The topological polar surface area (TPSA) is 128 Å². The molecule has 0 spiro atoms. The first-order valence-electron chi connectivity index (χ1n) is 9.82. The molecule has 13 heteroatoms. The number of halogens is 3. The van der Waals surface area contributed by atoms with E-state index in [0.717, 1.165) is 10.9 Å². The first-order chi connectivity index (χ1) is 15.8. The molecule has 34 heavy (non-hydrogen) atoms. The molecule has 0 unspecified atom stereocenters. The van der Waals surface area contributed by atoms with Crippen LogP contribution in [0, 0.1) is 0 Å². The van der Waals surface area contributed by atoms with Gasteiger partial charge in [0.1, 0.15) is 12.1 Å². The number of ether oxygens (including phenoxy) is 1. The van der Waals surface area contributed by atoms with E-state index in [1.807, 2.05) is 0 Å². The van der Waals surface area contributed by atoms with Gasteiger partial charge in [-0.2, -0.15) is 13.2 Å². The maximum Gasteiger partial charge on any atom is 0.433 e. The first kappa shape index (κ1) is 24.5. The second kappa shape index (κ2) is 9.00. The van der Waals surface area contributed by atoms with E-state index < -0.39 is 40.5 Å². The predicted molar refractivity (Wildman–Crippen MR) is 114 cm³/mol. The molecule has 2 aromatic heterocycles. The third-order valence-electron chi connectivity index (χ3n) is 4.91. The molecule has 0 aliphatic carbocycles. The highest BCUT2D eigenvalue weighted by atomic mass is 19.4. The summed E-state index contributed by atoms with van der Waals surface area (Å²) in [6, 6.07) is 4.96. The molecule has 0 fully saturated rings. The highest BCUT2D eigenvalue weighted by Gasteiger charge is 2.33. The van der Waals surface area contributed by atoms with Gasteiger partial charge in [0.05, 0.1) is 0 Å². The quantitative estimate of drug-likeness (QED) is 0.576. The van der Waals surface area contributed by atoms with Crippen LogP contribution in [0.2, 0.25) is 0 Å². The summed E-state index contributed by atoms with van der Waals surface area (Å²) in [5.41, 5.74) is -2.78. The number of hydrogen-bond donors (Lipinski definition) is 2. The van der Waals surface area contributed by atoms with Crippen LogP contribution >= 0.6 is 0 Å². The van der Waals surface area contributed by atoms with E-state index in [-0.39, 0.29) is 23.2 Å². The molecular formula is C21H20F3N5O5. The zero-order valence-corrected chi connectivity index (χ0v) is 18.5. The molecule has 0 atom stereocenters. The third-order valence-corrected chi connectivity index (χ3v) is 4.91. The molecule has 10 nitrogen and oxygen atoms in total. The number of aromatic hydroxyl groups is 1. The fourth-order valence-electron chi connectivity index (χ4n) is 3.08. The van der Waals surface area contributed by atoms with Crippen LogP contribution in [-0.2, 0) is 20.3 Å². The Morgan fingerprint density at radius 1 is 1.12 bits per heavy atom. The number of amides is 1. The van der Waals surface area contributed by atoms with E-state index in [2.05, 4.69) is 15.3 Å². The van der Waals surface area contributed by atoms with E-state index in [4.69, 9.17) is 4.74 Å². The second-order valence-corrected chi connectivity index (χ2v) is 7.60. The zero-order chi connectivity index (χ0) is 25.4. The number of aromatic nitrogens is 4. The van der Waals surface area contributed by atoms with E-state index in [1.54, 1.807) is 13.8 Å². The van der Waals surface area contributed by atoms with Crippen molar-refractivity contribution in [1.82, 2.24) is 19.1 Å². The Balaban J connectivity index is 1.94. The minimum atomic E-state index is -4.66. The highest BCUT2D eigenvalue weighted by Crippen LogP contribution is 2.33. The Hall–Kier alpha value is -4.16. The maximum absolute atomic E-state index is 12.9. The molecule has 3 aromatic rings. The fourth-order valence-corrected chi connectivity index (χ4v) is 3.08. The van der Waals surface area contributed by atoms with E-state index >= 15 is 0 Å². The molecule has 0 saturated carbocycles. The molecule has 0 aliphatic heterocycles. The van der Waals surface area contributed by atoms with Gasteiger partial charge in [-0.1, -0.05) is 13.8 Å². The van der Waals surface area contributed by atoms with Crippen molar-refractivity contribution in [3.05, 3.63) is 68.3 Å². The highest BCUT2D eigenvalue weighted by molar-refractivity contribution is 6.06. The van der Waals surface area contributed by atoms with Gasteiger partial charge >= 0.3 is 11.9 Å². The number of nitrogens with one attached hydrogen (secondary N) is 1. The summed E-state index contributed by atoms with van der Waals surface area (Å²) in [5.74, 6) is -2.11. The van der Waals surface area contributed by atoms with Crippen LogP contribution in [0.4, 0.5) is 18.9 Å². The van der Waals surface area contributed by atoms with Gasteiger partial charge in [-0.25, -0.2) is 14.8 Å². The summed E-state index contributed by atoms with van der Waals surface area (Å²) >= 11 is 0. The molecular weight excluding hydrogens is 459 g/mol. The van der Waals surface area contributed by atoms with Crippen LogP contribution in [0.1, 0.15) is 41.4 Å². The van der Waals surface area contributed by atoms with Crippen LogP contribution in [0.5, 0.6) is 17.5 Å². The Morgan fingerprint density at radius 2 is 1.79 bits per heavy atom. The van der Waals surface area contributed by atoms with Crippen molar-refractivity contribution in [3.63, 3.8) is 0 Å². The lowest BCUT2D eigenvalue weighted by Gasteiger charge is -2.17. The van der Waals surface area contributed by atoms with Crippen molar-refractivity contribution in [2.24, 2.45) is 14.1 Å². The van der Waals surface area contributed by atoms with Gasteiger partial charge in [0, 0.05) is 25.8 Å². The van der Waals surface area contributed by atoms with Crippen LogP contribution in [0.3, 0.4) is 0 Å². The molecule has 0 radical (unpaired) electrons. The van der Waals surface area contributed by atoms with E-state index in [9.17, 15) is 32.7 Å². The molecule has 0 bridgehead atoms. The van der Waals surface area contributed by atoms with Crippen LogP contribution in [0.25, 0.3) is 0 Å². The van der Waals surface area contributed by atoms with Crippen LogP contribution < -0.4 is 21.3 Å². The molecule has 2 N–H and O–H groups in total. The largest absolute Gasteiger partial charge is 0.494 e. The molecule has 0 aliphatic rings. The van der Waals surface area contributed by atoms with Crippen molar-refractivity contribution in [2.75, 3.05) is 5.32 Å². The molecule has 1 aromatic carbocycles. The van der Waals surface area contributed by atoms with Crippen molar-refractivity contribution < 1.29 is 27.8 Å². The summed E-state index contributed by atoms with van der Waals surface area (Å²) < 4.78 is 45.5. The van der Waals surface area contributed by atoms with Gasteiger partial charge in [0.25, 0.3) is 11.5 Å². The lowest BCUT2D eigenvalue weighted by Crippen LogP contribution is -2.41. The molecule has 180 valence electrons. The number of carbonyl (C=O) groups excluding carboxylic acids is 1. The van der Waals surface area contributed by atoms with Crippen LogP contribution in [0.15, 0.2) is 40.2 Å². The standard InChI is InChI=1S/C21H20F3N5O5/c1-10(2)12-7-11(34-15-8-14(21(22,23)24)25-9-26-15)5-6-13(12)27-17(30)16-18(31)28(3)20(33)29(4)19(16)32/h5-10,31H,1-4H3,(H,27,30). The van der Waals surface area contributed by atoms with Gasteiger partial charge in [-0.3, -0.25) is 18.7 Å². The Morgan fingerprint density at radius 3 is 2.41 bits per heavy atom. The number of anilines is 1. The van der Waals surface area contributed by atoms with Gasteiger partial charge < -0.3 is 15.2 Å². The van der Waals surface area contributed by atoms with Gasteiger partial charge in [-0.15, -0.1) is 0 Å². The maximum atomic E-state index is 12.9. The lowest BCUT2D eigenvalue weighted by molar-refractivity contribution is -0.141. The van der Waals surface area contributed by atoms with Gasteiger partial charge in [0.15, 0.2) is 11.3 Å². The molecule has 0 saturated heterocycles. The number of rotatable bonds is 5. The minimum Gasteiger partial charge on any atom is -0.494 e. The van der Waals surface area contributed by atoms with Gasteiger partial charge in [-0.05, 0) is 29.7 Å². The average molecular weight is 479 g/mol. The van der Waals surface area contributed by atoms with Crippen molar-refractivity contribution >= 4 is 11.6 Å². The number of alkyl halides is 3. The lowest BCUT2D eigenvalue weighted by atomic mass is 10.0. The molecule has 2 heterocycles. The van der Waals surface area contributed by atoms with Crippen LogP contribution in [-0.4, -0.2) is 30.1 Å². The average Bonchev–Trinajstić information content (AvgIpc) is 2.77. The zero-order valence-electron chi connectivity index (χ0n) is 18.5. The Kier molecular flexibility index (Phi) is 6.48. The fraction of sp³-hybridized carbons (Fsp3) is 0.286. The predicted octanol–water partition coefficient (Wildman–Crippen LogP) is 2.77. The smallest absolute Gasteiger partial charge is 0.433 e. The number of carbonyl (C=O) groups is 1. The summed E-state index contributed by atoms with van der Waals surface area (Å²) in [4.78, 5) is 43.9. The summed E-state index contributed by atoms with van der Waals surface area (Å²) in [7, 11) is 2.38. The molecule has 3 rings (SSSR count).